The molecule has 0 saturated carbocycles. The summed E-state index contributed by atoms with van der Waals surface area (Å²) in [5, 5.41) is 0.258. The highest BCUT2D eigenvalue weighted by Crippen LogP contribution is 2.36. The molecule has 0 unspecified atom stereocenters. The molecule has 0 N–H and O–H groups in total. The molecule has 0 aliphatic heterocycles. The Morgan fingerprint density at radius 1 is 1.40 bits per heavy atom. The molecule has 1 heterocycles. The molecule has 0 amide bonds. The van der Waals surface area contributed by atoms with E-state index >= 15 is 0 Å². The second-order valence-electron chi connectivity index (χ2n) is 5.30. The van der Waals surface area contributed by atoms with E-state index in [0.29, 0.717) is 6.61 Å². The Morgan fingerprint density at radius 3 is 2.53 bits per heavy atom. The molecule has 15 heavy (non-hydrogen) atoms. The van der Waals surface area contributed by atoms with Gasteiger partial charge in [0.1, 0.15) is 0 Å². The van der Waals surface area contributed by atoms with Gasteiger partial charge in [-0.05, 0) is 24.2 Å². The Labute approximate surface area is 93.8 Å². The van der Waals surface area contributed by atoms with Crippen molar-refractivity contribution in [1.82, 2.24) is 4.98 Å². The van der Waals surface area contributed by atoms with E-state index in [0.717, 1.165) is 5.69 Å². The Morgan fingerprint density at radius 2 is 2.07 bits per heavy atom. The first kappa shape index (κ1) is 12.4. The lowest BCUT2D eigenvalue weighted by molar-refractivity contribution is 0.272. The minimum absolute atomic E-state index is 0.258. The predicted octanol–water partition coefficient (Wildman–Crippen LogP) is 3.40. The fourth-order valence-corrected chi connectivity index (χ4v) is 1.85. The maximum absolute atomic E-state index is 6.04. The van der Waals surface area contributed by atoms with Gasteiger partial charge in [-0.25, -0.2) is 0 Å². The Balaban J connectivity index is 2.58. The zero-order chi connectivity index (χ0) is 11.5. The second-order valence-corrected chi connectivity index (χ2v) is 10.1. The first-order valence-corrected chi connectivity index (χ1v) is 8.19. The fourth-order valence-electron chi connectivity index (χ4n) is 0.907. The number of aromatic nitrogens is 1. The van der Waals surface area contributed by atoms with Gasteiger partial charge < -0.3 is 4.43 Å². The van der Waals surface area contributed by atoms with Crippen LogP contribution in [0.1, 0.15) is 26.5 Å². The molecule has 1 aromatic rings. The van der Waals surface area contributed by atoms with Crippen LogP contribution >= 0.6 is 0 Å². The lowest BCUT2D eigenvalue weighted by Crippen LogP contribution is -2.40. The summed E-state index contributed by atoms with van der Waals surface area (Å²) in [5.74, 6) is 0. The van der Waals surface area contributed by atoms with Crippen LogP contribution in [0.2, 0.25) is 18.1 Å². The molecule has 0 saturated heterocycles. The summed E-state index contributed by atoms with van der Waals surface area (Å²) in [6, 6.07) is 6.73. The van der Waals surface area contributed by atoms with E-state index in [-0.39, 0.29) is 5.04 Å². The normalized spacial score (nSPS) is 12.9. The number of pyridine rings is 1. The van der Waals surface area contributed by atoms with Crippen LogP contribution in [-0.2, 0) is 11.0 Å². The first-order chi connectivity index (χ1) is 6.83. The summed E-state index contributed by atoms with van der Waals surface area (Å²) >= 11 is 0. The lowest BCUT2D eigenvalue weighted by Gasteiger charge is -2.36. The third-order valence-electron chi connectivity index (χ3n) is 3.06. The molecule has 0 aliphatic carbocycles. The van der Waals surface area contributed by atoms with Gasteiger partial charge in [0.25, 0.3) is 0 Å². The standard InChI is InChI=1S/C12H20NOSi/c1-12(2,3)15(4,5)14-10-11-8-6-7-9-13-11/h6,8-9H,10H2,1-5H3. The molecular formula is C12H20NOSi. The van der Waals surface area contributed by atoms with E-state index in [1.165, 1.54) is 0 Å². The molecule has 3 heteroatoms. The van der Waals surface area contributed by atoms with Crippen molar-refractivity contribution < 1.29 is 4.43 Å². The lowest BCUT2D eigenvalue weighted by atomic mass is 10.2. The third kappa shape index (κ3) is 3.43. The SMILES string of the molecule is CC(C)(C)[Si](C)(C)OCc1cc[c]cn1. The number of hydrogen-bond acceptors (Lipinski definition) is 2. The molecule has 2 nitrogen and oxygen atoms in total. The minimum Gasteiger partial charge on any atom is -0.411 e. The highest BCUT2D eigenvalue weighted by Gasteiger charge is 2.37. The van der Waals surface area contributed by atoms with Crippen LogP contribution in [0.4, 0.5) is 0 Å². The van der Waals surface area contributed by atoms with Crippen molar-refractivity contribution in [1.29, 1.82) is 0 Å². The van der Waals surface area contributed by atoms with E-state index in [1.54, 1.807) is 6.20 Å². The zero-order valence-corrected chi connectivity index (χ0v) is 11.3. The molecule has 0 atom stereocenters. The summed E-state index contributed by atoms with van der Waals surface area (Å²) in [6.45, 7) is 11.8. The molecule has 0 fully saturated rings. The number of nitrogens with zero attached hydrogens (tertiary/aromatic N) is 1. The van der Waals surface area contributed by atoms with Crippen molar-refractivity contribution in [2.24, 2.45) is 0 Å². The average Bonchev–Trinajstić information content (AvgIpc) is 2.15. The van der Waals surface area contributed by atoms with Gasteiger partial charge in [-0.2, -0.15) is 0 Å². The predicted molar refractivity (Wildman–Crippen MR) is 65.1 cm³/mol. The van der Waals surface area contributed by atoms with Crippen molar-refractivity contribution >= 4 is 8.32 Å². The van der Waals surface area contributed by atoms with Crippen LogP contribution in [-0.4, -0.2) is 13.3 Å². The van der Waals surface area contributed by atoms with Crippen LogP contribution < -0.4 is 0 Å². The van der Waals surface area contributed by atoms with E-state index < -0.39 is 8.32 Å². The van der Waals surface area contributed by atoms with Gasteiger partial charge in [0.2, 0.25) is 0 Å². The van der Waals surface area contributed by atoms with Gasteiger partial charge in [-0.3, -0.25) is 4.98 Å². The smallest absolute Gasteiger partial charge is 0.192 e. The molecule has 1 rings (SSSR count). The molecule has 0 bridgehead atoms. The van der Waals surface area contributed by atoms with Crippen molar-refractivity contribution in [3.8, 4) is 0 Å². The minimum atomic E-state index is -1.64. The quantitative estimate of drug-likeness (QED) is 0.731. The maximum Gasteiger partial charge on any atom is 0.192 e. The molecule has 0 aliphatic rings. The van der Waals surface area contributed by atoms with Crippen LogP contribution in [0.5, 0.6) is 0 Å². The Hall–Kier alpha value is -0.673. The van der Waals surface area contributed by atoms with Crippen LogP contribution in [0.3, 0.4) is 0 Å². The van der Waals surface area contributed by atoms with Crippen molar-refractivity contribution in [3.05, 3.63) is 30.1 Å². The Bertz CT molecular complexity index is 303. The van der Waals surface area contributed by atoms with Crippen LogP contribution in [0, 0.1) is 6.07 Å². The molecule has 1 radical (unpaired) electrons. The summed E-state index contributed by atoms with van der Waals surface area (Å²) in [5.41, 5.74) is 0.985. The third-order valence-corrected chi connectivity index (χ3v) is 7.54. The van der Waals surface area contributed by atoms with Gasteiger partial charge in [-0.15, -0.1) is 0 Å². The van der Waals surface area contributed by atoms with Crippen LogP contribution in [0.25, 0.3) is 0 Å². The highest BCUT2D eigenvalue weighted by molar-refractivity contribution is 6.74. The molecule has 1 aromatic heterocycles. The number of rotatable bonds is 3. The summed E-state index contributed by atoms with van der Waals surface area (Å²) < 4.78 is 6.04. The van der Waals surface area contributed by atoms with Gasteiger partial charge in [-0.1, -0.05) is 26.8 Å². The molecule has 0 spiro atoms. The highest BCUT2D eigenvalue weighted by atomic mass is 28.4. The second kappa shape index (κ2) is 4.45. The average molecular weight is 222 g/mol. The van der Waals surface area contributed by atoms with E-state index in [1.807, 2.05) is 12.1 Å². The zero-order valence-electron chi connectivity index (χ0n) is 10.3. The summed E-state index contributed by atoms with van der Waals surface area (Å²) in [6.07, 6.45) is 1.68. The van der Waals surface area contributed by atoms with Crippen molar-refractivity contribution in [3.63, 3.8) is 0 Å². The van der Waals surface area contributed by atoms with Crippen molar-refractivity contribution in [2.45, 2.75) is 45.5 Å². The summed E-state index contributed by atoms with van der Waals surface area (Å²) in [4.78, 5) is 4.21. The fraction of sp³-hybridized carbons (Fsp3) is 0.583. The van der Waals surface area contributed by atoms with E-state index in [4.69, 9.17) is 4.43 Å². The molecule has 83 valence electrons. The Kier molecular flexibility index (Phi) is 3.68. The van der Waals surface area contributed by atoms with Crippen LogP contribution in [0.15, 0.2) is 18.3 Å². The maximum atomic E-state index is 6.04. The van der Waals surface area contributed by atoms with Crippen molar-refractivity contribution in [2.75, 3.05) is 0 Å². The first-order valence-electron chi connectivity index (χ1n) is 5.28. The number of hydrogen-bond donors (Lipinski definition) is 0. The largest absolute Gasteiger partial charge is 0.411 e. The summed E-state index contributed by atoms with van der Waals surface area (Å²) in [7, 11) is -1.64. The molecule has 0 aromatic carbocycles. The van der Waals surface area contributed by atoms with E-state index in [2.05, 4.69) is 44.9 Å². The molecular weight excluding hydrogens is 202 g/mol. The van der Waals surface area contributed by atoms with Gasteiger partial charge in [0.05, 0.1) is 12.3 Å². The van der Waals surface area contributed by atoms with Gasteiger partial charge in [0, 0.05) is 12.3 Å². The van der Waals surface area contributed by atoms with Gasteiger partial charge >= 0.3 is 0 Å². The monoisotopic (exact) mass is 222 g/mol. The van der Waals surface area contributed by atoms with Gasteiger partial charge in [0.15, 0.2) is 8.32 Å². The topological polar surface area (TPSA) is 22.1 Å². The van der Waals surface area contributed by atoms with E-state index in [9.17, 15) is 0 Å².